The molecule has 0 spiro atoms. The summed E-state index contributed by atoms with van der Waals surface area (Å²) >= 11 is 1.31. The molecule has 0 amide bonds. The summed E-state index contributed by atoms with van der Waals surface area (Å²) in [4.78, 5) is 22.4. The molecule has 0 radical (unpaired) electrons. The van der Waals surface area contributed by atoms with E-state index >= 15 is 0 Å². The second kappa shape index (κ2) is 6.38. The molecule has 104 valence electrons. The van der Waals surface area contributed by atoms with E-state index in [1.165, 1.54) is 42.1 Å². The predicted molar refractivity (Wildman–Crippen MR) is 72.6 cm³/mol. The summed E-state index contributed by atoms with van der Waals surface area (Å²) in [7, 11) is 0. The van der Waals surface area contributed by atoms with Crippen LogP contribution in [0.5, 0.6) is 0 Å². The average molecular weight is 294 g/mol. The smallest absolute Gasteiger partial charge is 0.371 e. The third-order valence-corrected chi connectivity index (χ3v) is 3.47. The first-order valence-corrected chi connectivity index (χ1v) is 6.90. The van der Waals surface area contributed by atoms with E-state index in [-0.39, 0.29) is 23.1 Å². The molecule has 0 saturated carbocycles. The van der Waals surface area contributed by atoms with Crippen LogP contribution in [0.3, 0.4) is 0 Å². The molecule has 0 saturated heterocycles. The fraction of sp³-hybridized carbons (Fsp3) is 0.143. The Morgan fingerprint density at radius 2 is 1.85 bits per heavy atom. The largest absolute Gasteiger partial charge is 0.475 e. The highest BCUT2D eigenvalue weighted by Gasteiger charge is 2.10. The van der Waals surface area contributed by atoms with Crippen LogP contribution in [0.4, 0.5) is 4.39 Å². The zero-order valence-corrected chi connectivity index (χ0v) is 11.2. The van der Waals surface area contributed by atoms with Crippen molar-refractivity contribution >= 4 is 23.5 Å². The van der Waals surface area contributed by atoms with Crippen LogP contribution in [0.1, 0.15) is 26.7 Å². The van der Waals surface area contributed by atoms with Gasteiger partial charge in [0, 0.05) is 5.56 Å². The lowest BCUT2D eigenvalue weighted by Gasteiger charge is -2.00. The molecule has 1 aromatic heterocycles. The van der Waals surface area contributed by atoms with E-state index in [1.807, 2.05) is 0 Å². The lowest BCUT2D eigenvalue weighted by molar-refractivity contribution is 0.0660. The van der Waals surface area contributed by atoms with Crippen molar-refractivity contribution in [1.82, 2.24) is 0 Å². The molecule has 0 unspecified atom stereocenters. The van der Waals surface area contributed by atoms with Gasteiger partial charge in [-0.25, -0.2) is 9.18 Å². The van der Waals surface area contributed by atoms with Crippen molar-refractivity contribution in [2.75, 3.05) is 5.75 Å². The van der Waals surface area contributed by atoms with Crippen LogP contribution in [0, 0.1) is 5.82 Å². The summed E-state index contributed by atoms with van der Waals surface area (Å²) in [5.41, 5.74) is 0.449. The van der Waals surface area contributed by atoms with E-state index in [2.05, 4.69) is 0 Å². The summed E-state index contributed by atoms with van der Waals surface area (Å²) in [6.45, 7) is 0. The van der Waals surface area contributed by atoms with Gasteiger partial charge in [0.1, 0.15) is 11.6 Å². The van der Waals surface area contributed by atoms with Crippen molar-refractivity contribution in [2.24, 2.45) is 0 Å². The number of hydrogen-bond donors (Lipinski definition) is 1. The van der Waals surface area contributed by atoms with Crippen molar-refractivity contribution < 1.29 is 23.5 Å². The van der Waals surface area contributed by atoms with Gasteiger partial charge >= 0.3 is 5.97 Å². The molecule has 2 rings (SSSR count). The van der Waals surface area contributed by atoms with Crippen molar-refractivity contribution in [3.8, 4) is 0 Å². The molecule has 0 aliphatic carbocycles. The van der Waals surface area contributed by atoms with Crippen LogP contribution in [0.2, 0.25) is 0 Å². The lowest BCUT2D eigenvalue weighted by atomic mass is 10.1. The number of carbonyl (C=O) groups excluding carboxylic acids is 1. The first-order valence-electron chi connectivity index (χ1n) is 5.75. The number of carboxylic acids is 1. The quantitative estimate of drug-likeness (QED) is 0.828. The highest BCUT2D eigenvalue weighted by molar-refractivity contribution is 7.99. The van der Waals surface area contributed by atoms with Crippen molar-refractivity contribution in [2.45, 2.75) is 5.75 Å². The Bertz CT molecular complexity index is 618. The number of benzene rings is 1. The van der Waals surface area contributed by atoms with E-state index in [9.17, 15) is 14.0 Å². The molecule has 0 fully saturated rings. The summed E-state index contributed by atoms with van der Waals surface area (Å²) < 4.78 is 17.8. The van der Waals surface area contributed by atoms with Crippen LogP contribution in [-0.2, 0) is 5.75 Å². The number of Topliss-reactive ketones (excluding diaryl/α,β-unsaturated/α-hetero) is 1. The fourth-order valence-electron chi connectivity index (χ4n) is 1.53. The maximum absolute atomic E-state index is 12.7. The summed E-state index contributed by atoms with van der Waals surface area (Å²) in [5, 5.41) is 8.70. The highest BCUT2D eigenvalue weighted by Crippen LogP contribution is 2.17. The molecule has 4 nitrogen and oxygen atoms in total. The van der Waals surface area contributed by atoms with E-state index in [0.717, 1.165) is 0 Å². The van der Waals surface area contributed by atoms with Gasteiger partial charge in [0.25, 0.3) is 0 Å². The van der Waals surface area contributed by atoms with Gasteiger partial charge in [-0.05, 0) is 36.4 Å². The minimum atomic E-state index is -1.12. The van der Waals surface area contributed by atoms with E-state index < -0.39 is 5.97 Å². The normalized spacial score (nSPS) is 10.4. The van der Waals surface area contributed by atoms with E-state index in [1.54, 1.807) is 6.07 Å². The molecule has 6 heteroatoms. The number of aromatic carboxylic acids is 1. The van der Waals surface area contributed by atoms with Crippen LogP contribution in [-0.4, -0.2) is 22.6 Å². The Balaban J connectivity index is 1.84. The monoisotopic (exact) mass is 294 g/mol. The molecule has 1 aromatic carbocycles. The van der Waals surface area contributed by atoms with Gasteiger partial charge in [0.2, 0.25) is 5.76 Å². The van der Waals surface area contributed by atoms with Gasteiger partial charge in [-0.1, -0.05) is 0 Å². The first-order chi connectivity index (χ1) is 9.56. The van der Waals surface area contributed by atoms with Crippen molar-refractivity contribution in [3.63, 3.8) is 0 Å². The minimum Gasteiger partial charge on any atom is -0.475 e. The Labute approximate surface area is 118 Å². The molecule has 2 aromatic rings. The molecule has 0 aliphatic rings. The maximum Gasteiger partial charge on any atom is 0.371 e. The van der Waals surface area contributed by atoms with Crippen LogP contribution >= 0.6 is 11.8 Å². The van der Waals surface area contributed by atoms with Gasteiger partial charge in [-0.15, -0.1) is 11.8 Å². The highest BCUT2D eigenvalue weighted by atomic mass is 32.2. The van der Waals surface area contributed by atoms with Gasteiger partial charge < -0.3 is 9.52 Å². The Morgan fingerprint density at radius 3 is 2.45 bits per heavy atom. The number of furan rings is 1. The number of carbonyl (C=O) groups is 2. The van der Waals surface area contributed by atoms with Crippen molar-refractivity contribution in [3.05, 3.63) is 59.3 Å². The second-order valence-electron chi connectivity index (χ2n) is 3.99. The van der Waals surface area contributed by atoms with Gasteiger partial charge in [-0.3, -0.25) is 4.79 Å². The third kappa shape index (κ3) is 3.71. The molecule has 0 bridgehead atoms. The minimum absolute atomic E-state index is 0.111. The van der Waals surface area contributed by atoms with Crippen LogP contribution in [0.15, 0.2) is 40.8 Å². The molecule has 0 aliphatic heterocycles. The second-order valence-corrected chi connectivity index (χ2v) is 4.98. The lowest BCUT2D eigenvalue weighted by Crippen LogP contribution is -2.02. The van der Waals surface area contributed by atoms with Gasteiger partial charge in [-0.2, -0.15) is 0 Å². The number of rotatable bonds is 6. The van der Waals surface area contributed by atoms with Crippen molar-refractivity contribution in [1.29, 1.82) is 0 Å². The predicted octanol–water partition coefficient (Wildman–Crippen LogP) is 3.23. The maximum atomic E-state index is 12.7. The molecule has 20 heavy (non-hydrogen) atoms. The number of carboxylic acid groups (broad SMARTS) is 1. The zero-order valence-electron chi connectivity index (χ0n) is 10.3. The third-order valence-electron chi connectivity index (χ3n) is 2.52. The Hall–Kier alpha value is -2.08. The van der Waals surface area contributed by atoms with Gasteiger partial charge in [0.05, 0.1) is 11.5 Å². The summed E-state index contributed by atoms with van der Waals surface area (Å²) in [6.07, 6.45) is 0. The van der Waals surface area contributed by atoms with E-state index in [0.29, 0.717) is 17.1 Å². The fourth-order valence-corrected chi connectivity index (χ4v) is 2.34. The Kier molecular flexibility index (Phi) is 4.57. The number of ketones is 1. The molecule has 0 atom stereocenters. The summed E-state index contributed by atoms with van der Waals surface area (Å²) in [6, 6.07) is 8.30. The molecular weight excluding hydrogens is 283 g/mol. The number of halogens is 1. The number of thioether (sulfide) groups is 1. The summed E-state index contributed by atoms with van der Waals surface area (Å²) in [5.74, 6) is -0.617. The molecule has 1 heterocycles. The number of hydrogen-bond acceptors (Lipinski definition) is 4. The standard InChI is InChI=1S/C14H11FO4S/c15-10-3-1-9(2-4-10)12(16)8-20-7-11-5-6-13(19-11)14(17)18/h1-6H,7-8H2,(H,17,18). The first kappa shape index (κ1) is 14.3. The average Bonchev–Trinajstić information content (AvgIpc) is 2.88. The molecule has 1 N–H and O–H groups in total. The van der Waals surface area contributed by atoms with Crippen LogP contribution in [0.25, 0.3) is 0 Å². The SMILES string of the molecule is O=C(CSCc1ccc(C(=O)O)o1)c1ccc(F)cc1. The zero-order chi connectivity index (χ0) is 14.5. The van der Waals surface area contributed by atoms with E-state index in [4.69, 9.17) is 9.52 Å². The van der Waals surface area contributed by atoms with Gasteiger partial charge in [0.15, 0.2) is 5.78 Å². The van der Waals surface area contributed by atoms with Crippen LogP contribution < -0.4 is 0 Å². The molecular formula is C14H11FO4S. The Morgan fingerprint density at radius 1 is 1.15 bits per heavy atom. The topological polar surface area (TPSA) is 67.5 Å².